The second kappa shape index (κ2) is 5.41. The predicted molar refractivity (Wildman–Crippen MR) is 70.0 cm³/mol. The maximum Gasteiger partial charge on any atom is 0.123 e. The van der Waals surface area contributed by atoms with E-state index in [1.54, 1.807) is 23.5 Å². The molecule has 2 rings (SSSR count). The zero-order valence-electron chi connectivity index (χ0n) is 10.1. The summed E-state index contributed by atoms with van der Waals surface area (Å²) in [5.41, 5.74) is 2.14. The van der Waals surface area contributed by atoms with Gasteiger partial charge in [0.1, 0.15) is 5.82 Å². The number of thiazole rings is 1. The molecular formula is C14H16FNS. The highest BCUT2D eigenvalue weighted by atomic mass is 32.1. The van der Waals surface area contributed by atoms with Gasteiger partial charge >= 0.3 is 0 Å². The van der Waals surface area contributed by atoms with Crippen LogP contribution in [0.4, 0.5) is 4.39 Å². The lowest BCUT2D eigenvalue weighted by atomic mass is 10.1. The van der Waals surface area contributed by atoms with Gasteiger partial charge in [0, 0.05) is 11.8 Å². The van der Waals surface area contributed by atoms with Gasteiger partial charge in [0.25, 0.3) is 0 Å². The molecule has 1 nitrogen and oxygen atoms in total. The largest absolute Gasteiger partial charge is 0.246 e. The fourth-order valence-electron chi connectivity index (χ4n) is 1.66. The molecule has 0 N–H and O–H groups in total. The van der Waals surface area contributed by atoms with Crippen LogP contribution < -0.4 is 0 Å². The van der Waals surface area contributed by atoms with Crippen LogP contribution in [-0.2, 0) is 6.42 Å². The summed E-state index contributed by atoms with van der Waals surface area (Å²) in [6.45, 7) is 4.34. The summed E-state index contributed by atoms with van der Waals surface area (Å²) in [6.07, 6.45) is 1.82. The van der Waals surface area contributed by atoms with Gasteiger partial charge in [-0.15, -0.1) is 11.3 Å². The van der Waals surface area contributed by atoms with Gasteiger partial charge in [-0.05, 0) is 30.0 Å². The Bertz CT molecular complexity index is 492. The van der Waals surface area contributed by atoms with Crippen LogP contribution >= 0.6 is 11.3 Å². The smallest absolute Gasteiger partial charge is 0.123 e. The van der Waals surface area contributed by atoms with Gasteiger partial charge in [-0.1, -0.05) is 26.0 Å². The molecule has 0 spiro atoms. The average Bonchev–Trinajstić information content (AvgIpc) is 2.76. The van der Waals surface area contributed by atoms with Crippen molar-refractivity contribution in [3.8, 4) is 0 Å². The van der Waals surface area contributed by atoms with Crippen LogP contribution in [-0.4, -0.2) is 4.98 Å². The van der Waals surface area contributed by atoms with E-state index in [2.05, 4.69) is 24.2 Å². The van der Waals surface area contributed by atoms with E-state index in [4.69, 9.17) is 0 Å². The SMILES string of the molecule is CCC(C)c1csc(Cc2cccc(F)c2)n1. The van der Waals surface area contributed by atoms with E-state index >= 15 is 0 Å². The molecule has 0 saturated heterocycles. The monoisotopic (exact) mass is 249 g/mol. The molecule has 1 aromatic heterocycles. The van der Waals surface area contributed by atoms with E-state index < -0.39 is 0 Å². The summed E-state index contributed by atoms with van der Waals surface area (Å²) < 4.78 is 13.0. The van der Waals surface area contributed by atoms with Gasteiger partial charge in [0.2, 0.25) is 0 Å². The van der Waals surface area contributed by atoms with Crippen LogP contribution in [0, 0.1) is 5.82 Å². The molecule has 0 radical (unpaired) electrons. The molecule has 0 saturated carbocycles. The second-order valence-corrected chi connectivity index (χ2v) is 5.22. The van der Waals surface area contributed by atoms with Gasteiger partial charge in [-0.25, -0.2) is 9.37 Å². The van der Waals surface area contributed by atoms with Crippen LogP contribution in [0.1, 0.15) is 42.5 Å². The zero-order chi connectivity index (χ0) is 12.3. The lowest BCUT2D eigenvalue weighted by Crippen LogP contribution is -1.93. The van der Waals surface area contributed by atoms with Crippen molar-refractivity contribution < 1.29 is 4.39 Å². The fourth-order valence-corrected chi connectivity index (χ4v) is 2.61. The summed E-state index contributed by atoms with van der Waals surface area (Å²) in [5, 5.41) is 3.17. The van der Waals surface area contributed by atoms with Crippen molar-refractivity contribution in [3.63, 3.8) is 0 Å². The zero-order valence-corrected chi connectivity index (χ0v) is 10.9. The Labute approximate surface area is 105 Å². The first-order valence-corrected chi connectivity index (χ1v) is 6.75. The van der Waals surface area contributed by atoms with Crippen molar-refractivity contribution in [3.05, 3.63) is 51.7 Å². The number of halogens is 1. The minimum absolute atomic E-state index is 0.179. The Morgan fingerprint density at radius 1 is 1.41 bits per heavy atom. The Morgan fingerprint density at radius 3 is 2.94 bits per heavy atom. The van der Waals surface area contributed by atoms with E-state index in [0.717, 1.165) is 29.1 Å². The first-order valence-electron chi connectivity index (χ1n) is 5.87. The first kappa shape index (κ1) is 12.2. The molecule has 1 heterocycles. The van der Waals surface area contributed by atoms with Gasteiger partial charge in [-0.2, -0.15) is 0 Å². The molecule has 0 aliphatic carbocycles. The highest BCUT2D eigenvalue weighted by Crippen LogP contribution is 2.22. The van der Waals surface area contributed by atoms with Crippen molar-refractivity contribution in [1.82, 2.24) is 4.98 Å². The van der Waals surface area contributed by atoms with Crippen LogP contribution in [0.25, 0.3) is 0 Å². The molecular weight excluding hydrogens is 233 g/mol. The molecule has 0 bridgehead atoms. The summed E-state index contributed by atoms with van der Waals surface area (Å²) in [5.74, 6) is 0.328. The number of rotatable bonds is 4. The minimum atomic E-state index is -0.179. The van der Waals surface area contributed by atoms with Crippen molar-refractivity contribution in [2.45, 2.75) is 32.6 Å². The van der Waals surface area contributed by atoms with E-state index in [1.165, 1.54) is 6.07 Å². The topological polar surface area (TPSA) is 12.9 Å². The summed E-state index contributed by atoms with van der Waals surface area (Å²) in [6, 6.07) is 6.72. The molecule has 0 aliphatic heterocycles. The van der Waals surface area contributed by atoms with Crippen molar-refractivity contribution in [1.29, 1.82) is 0 Å². The molecule has 17 heavy (non-hydrogen) atoms. The van der Waals surface area contributed by atoms with Crippen molar-refractivity contribution >= 4 is 11.3 Å². The molecule has 3 heteroatoms. The quantitative estimate of drug-likeness (QED) is 0.783. The first-order chi connectivity index (χ1) is 8.19. The van der Waals surface area contributed by atoms with Crippen molar-refractivity contribution in [2.75, 3.05) is 0 Å². The molecule has 0 aliphatic rings. The number of hydrogen-bond donors (Lipinski definition) is 0. The maximum absolute atomic E-state index is 13.0. The Hall–Kier alpha value is -1.22. The normalized spacial score (nSPS) is 12.6. The Balaban J connectivity index is 2.11. The predicted octanol–water partition coefficient (Wildman–Crippen LogP) is 4.39. The number of benzene rings is 1. The third kappa shape index (κ3) is 3.13. The highest BCUT2D eigenvalue weighted by Gasteiger charge is 2.08. The van der Waals surface area contributed by atoms with Gasteiger partial charge in [0.15, 0.2) is 0 Å². The number of hydrogen-bond acceptors (Lipinski definition) is 2. The summed E-state index contributed by atoms with van der Waals surface area (Å²) >= 11 is 1.66. The van der Waals surface area contributed by atoms with E-state index in [1.807, 2.05) is 6.07 Å². The van der Waals surface area contributed by atoms with E-state index in [9.17, 15) is 4.39 Å². The number of aromatic nitrogens is 1. The molecule has 1 unspecified atom stereocenters. The standard InChI is InChI=1S/C14H16FNS/c1-3-10(2)13-9-17-14(16-13)8-11-5-4-6-12(15)7-11/h4-7,9-10H,3,8H2,1-2H3. The lowest BCUT2D eigenvalue weighted by Gasteiger charge is -2.02. The van der Waals surface area contributed by atoms with Crippen LogP contribution in [0.5, 0.6) is 0 Å². The Morgan fingerprint density at radius 2 is 2.24 bits per heavy atom. The van der Waals surface area contributed by atoms with Crippen LogP contribution in [0.15, 0.2) is 29.6 Å². The van der Waals surface area contributed by atoms with Gasteiger partial charge < -0.3 is 0 Å². The highest BCUT2D eigenvalue weighted by molar-refractivity contribution is 7.09. The van der Waals surface area contributed by atoms with Crippen LogP contribution in [0.2, 0.25) is 0 Å². The minimum Gasteiger partial charge on any atom is -0.246 e. The summed E-state index contributed by atoms with van der Waals surface area (Å²) in [4.78, 5) is 4.60. The van der Waals surface area contributed by atoms with Gasteiger partial charge in [-0.3, -0.25) is 0 Å². The second-order valence-electron chi connectivity index (χ2n) is 4.28. The summed E-state index contributed by atoms with van der Waals surface area (Å²) in [7, 11) is 0. The number of nitrogens with zero attached hydrogens (tertiary/aromatic N) is 1. The Kier molecular flexibility index (Phi) is 3.89. The maximum atomic E-state index is 13.0. The molecule has 2 aromatic rings. The van der Waals surface area contributed by atoms with E-state index in [-0.39, 0.29) is 5.82 Å². The third-order valence-corrected chi connectivity index (χ3v) is 3.80. The average molecular weight is 249 g/mol. The fraction of sp³-hybridized carbons (Fsp3) is 0.357. The molecule has 0 amide bonds. The lowest BCUT2D eigenvalue weighted by molar-refractivity contribution is 0.626. The third-order valence-electron chi connectivity index (χ3n) is 2.93. The molecule has 90 valence electrons. The molecule has 0 fully saturated rings. The van der Waals surface area contributed by atoms with E-state index in [0.29, 0.717) is 5.92 Å². The molecule has 1 atom stereocenters. The van der Waals surface area contributed by atoms with Crippen LogP contribution in [0.3, 0.4) is 0 Å². The van der Waals surface area contributed by atoms with Crippen molar-refractivity contribution in [2.24, 2.45) is 0 Å². The van der Waals surface area contributed by atoms with Gasteiger partial charge in [0.05, 0.1) is 10.7 Å². The molecule has 1 aromatic carbocycles.